The molecule has 0 aliphatic heterocycles. The summed E-state index contributed by atoms with van der Waals surface area (Å²) in [6.07, 6.45) is 19.7. The van der Waals surface area contributed by atoms with Crippen molar-refractivity contribution in [2.75, 3.05) is 6.61 Å². The van der Waals surface area contributed by atoms with Crippen LogP contribution in [0.3, 0.4) is 0 Å². The van der Waals surface area contributed by atoms with E-state index in [1.165, 1.54) is 50.5 Å². The number of benzene rings is 1. The van der Waals surface area contributed by atoms with E-state index in [1.807, 2.05) is 24.4 Å². The maximum Gasteiger partial charge on any atom is 0.181 e. The lowest BCUT2D eigenvalue weighted by atomic mass is 10.0. The van der Waals surface area contributed by atoms with Gasteiger partial charge in [0.15, 0.2) is 5.72 Å². The van der Waals surface area contributed by atoms with Crippen LogP contribution in [0.4, 0.5) is 0 Å². The fourth-order valence-electron chi connectivity index (χ4n) is 3.15. The molecule has 1 atom stereocenters. The van der Waals surface area contributed by atoms with Crippen molar-refractivity contribution in [2.45, 2.75) is 77.4 Å². The largest absolute Gasteiger partial charge is 0.350 e. The van der Waals surface area contributed by atoms with E-state index in [-0.39, 0.29) is 0 Å². The average Bonchev–Trinajstić information content (AvgIpc) is 2.68. The third-order valence-corrected chi connectivity index (χ3v) is 4.90. The van der Waals surface area contributed by atoms with Gasteiger partial charge in [-0.25, -0.2) is 0 Å². The Morgan fingerprint density at radius 1 is 1.00 bits per heavy atom. The molecule has 2 rings (SSSR count). The highest BCUT2D eigenvalue weighted by Gasteiger charge is 2.27. The van der Waals surface area contributed by atoms with E-state index >= 15 is 0 Å². The molecule has 0 aromatic heterocycles. The number of nitrogens with zero attached hydrogens (tertiary/aromatic N) is 1. The topological polar surface area (TPSA) is 21.6 Å². The quantitative estimate of drug-likeness (QED) is 0.297. The van der Waals surface area contributed by atoms with Gasteiger partial charge < -0.3 is 4.74 Å². The predicted molar refractivity (Wildman–Crippen MR) is 113 cm³/mol. The number of ether oxygens (including phenoxy) is 1. The molecule has 0 fully saturated rings. The summed E-state index contributed by atoms with van der Waals surface area (Å²) >= 11 is 0. The van der Waals surface area contributed by atoms with Gasteiger partial charge in [0.05, 0.1) is 0 Å². The summed E-state index contributed by atoms with van der Waals surface area (Å²) < 4.78 is 6.26. The molecule has 1 aromatic carbocycles. The van der Waals surface area contributed by atoms with Crippen molar-refractivity contribution in [1.29, 1.82) is 0 Å². The van der Waals surface area contributed by atoms with Crippen molar-refractivity contribution >= 4 is 6.21 Å². The first-order chi connectivity index (χ1) is 12.7. The third-order valence-electron chi connectivity index (χ3n) is 4.90. The maximum atomic E-state index is 6.26. The Morgan fingerprint density at radius 3 is 2.35 bits per heavy atom. The van der Waals surface area contributed by atoms with Gasteiger partial charge in [0, 0.05) is 19.2 Å². The lowest BCUT2D eigenvalue weighted by Crippen LogP contribution is -2.29. The molecule has 26 heavy (non-hydrogen) atoms. The Kier molecular flexibility index (Phi) is 9.41. The van der Waals surface area contributed by atoms with Crippen LogP contribution in [0, 0.1) is 0 Å². The molecule has 1 aliphatic rings. The summed E-state index contributed by atoms with van der Waals surface area (Å²) in [4.78, 5) is 4.81. The van der Waals surface area contributed by atoms with E-state index in [4.69, 9.17) is 9.73 Å². The molecule has 1 aliphatic carbocycles. The summed E-state index contributed by atoms with van der Waals surface area (Å²) in [6.45, 7) is 5.17. The van der Waals surface area contributed by atoms with E-state index in [9.17, 15) is 0 Å². The second-order valence-electron chi connectivity index (χ2n) is 7.32. The highest BCUT2D eigenvalue weighted by molar-refractivity contribution is 5.79. The highest BCUT2D eigenvalue weighted by atomic mass is 16.5. The van der Waals surface area contributed by atoms with Gasteiger partial charge in [-0.05, 0) is 25.0 Å². The van der Waals surface area contributed by atoms with Gasteiger partial charge in [0.25, 0.3) is 0 Å². The Bertz CT molecular complexity index is 587. The van der Waals surface area contributed by atoms with Gasteiger partial charge in [0.2, 0.25) is 0 Å². The number of hydrogen-bond donors (Lipinski definition) is 0. The van der Waals surface area contributed by atoms with E-state index in [1.54, 1.807) is 0 Å². The number of unbranched alkanes of at least 4 members (excludes halogenated alkanes) is 7. The molecular formula is C24H35NO. The van der Waals surface area contributed by atoms with Crippen molar-refractivity contribution in [1.82, 2.24) is 0 Å². The smallest absolute Gasteiger partial charge is 0.181 e. The molecule has 2 heteroatoms. The van der Waals surface area contributed by atoms with Crippen LogP contribution in [0.2, 0.25) is 0 Å². The summed E-state index contributed by atoms with van der Waals surface area (Å²) in [5.41, 5.74) is 1.87. The SMILES string of the molecule is CCCCCCCCCCOC1(N=Cc2ccccc2)C=CC(C)=CC1. The molecule has 0 spiro atoms. The molecule has 142 valence electrons. The van der Waals surface area contributed by atoms with Crippen LogP contribution in [0.15, 0.2) is 59.1 Å². The van der Waals surface area contributed by atoms with E-state index < -0.39 is 5.72 Å². The molecule has 0 saturated carbocycles. The van der Waals surface area contributed by atoms with Crippen molar-refractivity contribution < 1.29 is 4.74 Å². The van der Waals surface area contributed by atoms with Crippen molar-refractivity contribution in [3.8, 4) is 0 Å². The minimum Gasteiger partial charge on any atom is -0.350 e. The van der Waals surface area contributed by atoms with Crippen LogP contribution >= 0.6 is 0 Å². The molecule has 0 N–H and O–H groups in total. The van der Waals surface area contributed by atoms with Gasteiger partial charge in [0.1, 0.15) is 0 Å². The fraction of sp³-hybridized carbons (Fsp3) is 0.542. The van der Waals surface area contributed by atoms with Crippen LogP contribution in [0.1, 0.15) is 77.2 Å². The van der Waals surface area contributed by atoms with Crippen molar-refractivity contribution in [3.05, 3.63) is 59.7 Å². The van der Waals surface area contributed by atoms with Crippen LogP contribution in [-0.2, 0) is 4.74 Å². The second kappa shape index (κ2) is 11.9. The monoisotopic (exact) mass is 353 g/mol. The Morgan fingerprint density at radius 2 is 1.69 bits per heavy atom. The first-order valence-corrected chi connectivity index (χ1v) is 10.3. The summed E-state index contributed by atoms with van der Waals surface area (Å²) in [5, 5.41) is 0. The van der Waals surface area contributed by atoms with Gasteiger partial charge in [-0.1, -0.05) is 99.9 Å². The van der Waals surface area contributed by atoms with E-state index in [0.717, 1.165) is 25.0 Å². The fourth-order valence-corrected chi connectivity index (χ4v) is 3.15. The van der Waals surface area contributed by atoms with Crippen molar-refractivity contribution in [2.24, 2.45) is 4.99 Å². The molecule has 0 amide bonds. The normalized spacial score (nSPS) is 19.8. The maximum absolute atomic E-state index is 6.26. The predicted octanol–water partition coefficient (Wildman–Crippen LogP) is 6.87. The minimum atomic E-state index is -0.531. The van der Waals surface area contributed by atoms with Gasteiger partial charge >= 0.3 is 0 Å². The van der Waals surface area contributed by atoms with E-state index in [2.05, 4.69) is 44.2 Å². The Balaban J connectivity index is 1.77. The zero-order chi connectivity index (χ0) is 18.5. The number of aliphatic imine (C=N–C) groups is 1. The molecule has 1 unspecified atom stereocenters. The number of hydrogen-bond acceptors (Lipinski definition) is 2. The Labute approximate surface area is 160 Å². The van der Waals surface area contributed by atoms with Crippen LogP contribution in [0.25, 0.3) is 0 Å². The van der Waals surface area contributed by atoms with Gasteiger partial charge in [-0.2, -0.15) is 0 Å². The van der Waals surface area contributed by atoms with Crippen LogP contribution in [0.5, 0.6) is 0 Å². The molecule has 0 radical (unpaired) electrons. The zero-order valence-electron chi connectivity index (χ0n) is 16.6. The summed E-state index contributed by atoms with van der Waals surface area (Å²) in [5.74, 6) is 0. The summed E-state index contributed by atoms with van der Waals surface area (Å²) in [6, 6.07) is 10.2. The number of allylic oxidation sites excluding steroid dienone is 2. The summed E-state index contributed by atoms with van der Waals surface area (Å²) in [7, 11) is 0. The van der Waals surface area contributed by atoms with Gasteiger partial charge in [-0.3, -0.25) is 4.99 Å². The second-order valence-corrected chi connectivity index (χ2v) is 7.32. The molecule has 0 heterocycles. The highest BCUT2D eigenvalue weighted by Crippen LogP contribution is 2.27. The van der Waals surface area contributed by atoms with Gasteiger partial charge in [-0.15, -0.1) is 0 Å². The third kappa shape index (κ3) is 7.70. The lowest BCUT2D eigenvalue weighted by molar-refractivity contribution is -0.00219. The van der Waals surface area contributed by atoms with Crippen LogP contribution in [-0.4, -0.2) is 18.5 Å². The van der Waals surface area contributed by atoms with Crippen molar-refractivity contribution in [3.63, 3.8) is 0 Å². The standard InChI is InChI=1S/C24H35NO/c1-3-4-5-6-7-8-9-13-20-26-24(18-16-22(2)17-19-24)25-21-23-14-11-10-12-15-23/h10-12,14-18,21H,3-9,13,19-20H2,1-2H3. The van der Waals surface area contributed by atoms with Crippen LogP contribution < -0.4 is 0 Å². The number of rotatable bonds is 12. The molecule has 1 aromatic rings. The minimum absolute atomic E-state index is 0.531. The first kappa shape index (κ1) is 20.6. The zero-order valence-corrected chi connectivity index (χ0v) is 16.6. The molecular weight excluding hydrogens is 318 g/mol. The molecule has 2 nitrogen and oxygen atoms in total. The molecule has 0 saturated heterocycles. The van der Waals surface area contributed by atoms with E-state index in [0.29, 0.717) is 0 Å². The lowest BCUT2D eigenvalue weighted by Gasteiger charge is -2.28. The average molecular weight is 354 g/mol. The Hall–Kier alpha value is -1.67. The first-order valence-electron chi connectivity index (χ1n) is 10.3. The molecule has 0 bridgehead atoms.